The summed E-state index contributed by atoms with van der Waals surface area (Å²) < 4.78 is 19.1. The molecule has 1 aliphatic carbocycles. The molecule has 4 heteroatoms. The summed E-state index contributed by atoms with van der Waals surface area (Å²) in [4.78, 5) is 0. The van der Waals surface area contributed by atoms with Crippen molar-refractivity contribution in [2.24, 2.45) is 0 Å². The minimum atomic E-state index is -1.62. The fraction of sp³-hybridized carbons (Fsp3) is 0.333. The molecule has 0 saturated carbocycles. The maximum atomic E-state index is 6.74. The van der Waals surface area contributed by atoms with Crippen molar-refractivity contribution in [1.29, 1.82) is 0 Å². The van der Waals surface area contributed by atoms with Crippen molar-refractivity contribution in [2.45, 2.75) is 57.9 Å². The predicted molar refractivity (Wildman–Crippen MR) is 138 cm³/mol. The minimum Gasteiger partial charge on any atom is -0.488 e. The van der Waals surface area contributed by atoms with Crippen LogP contribution in [-0.2, 0) is 16.1 Å². The molecule has 0 spiro atoms. The van der Waals surface area contributed by atoms with Crippen molar-refractivity contribution in [3.63, 3.8) is 0 Å². The van der Waals surface area contributed by atoms with E-state index in [1.807, 2.05) is 0 Å². The number of rotatable bonds is 2. The molecule has 0 amide bonds. The van der Waals surface area contributed by atoms with E-state index in [1.54, 1.807) is 0 Å². The van der Waals surface area contributed by atoms with E-state index in [9.17, 15) is 0 Å². The van der Waals surface area contributed by atoms with Crippen LogP contribution in [0.4, 0.5) is 0 Å². The second-order valence-corrected chi connectivity index (χ2v) is 15.2. The third kappa shape index (κ3) is 3.78. The molecule has 0 radical (unpaired) electrons. The zero-order valence-electron chi connectivity index (χ0n) is 20.1. The van der Waals surface area contributed by atoms with Crippen molar-refractivity contribution in [1.82, 2.24) is 0 Å². The molecule has 3 nitrogen and oxygen atoms in total. The smallest absolute Gasteiger partial charge is 0.158 e. The molecule has 3 aliphatic rings. The molecule has 3 aromatic carbocycles. The third-order valence-electron chi connectivity index (χ3n) is 6.79. The molecular weight excluding hydrogens is 436 g/mol. The lowest BCUT2D eigenvalue weighted by Crippen LogP contribution is -2.24. The van der Waals surface area contributed by atoms with E-state index in [0.29, 0.717) is 6.61 Å². The van der Waals surface area contributed by atoms with E-state index in [-0.39, 0.29) is 12.4 Å². The van der Waals surface area contributed by atoms with Gasteiger partial charge < -0.3 is 14.2 Å². The largest absolute Gasteiger partial charge is 0.488 e. The Morgan fingerprint density at radius 2 is 1.74 bits per heavy atom. The summed E-state index contributed by atoms with van der Waals surface area (Å²) in [6.07, 6.45) is 2.79. The molecule has 34 heavy (non-hydrogen) atoms. The van der Waals surface area contributed by atoms with Gasteiger partial charge >= 0.3 is 0 Å². The average molecular weight is 467 g/mol. The summed E-state index contributed by atoms with van der Waals surface area (Å²) in [5.41, 5.74) is 13.0. The highest BCUT2D eigenvalue weighted by molar-refractivity contribution is 6.83. The van der Waals surface area contributed by atoms with Gasteiger partial charge in [-0.15, -0.1) is 5.54 Å². The van der Waals surface area contributed by atoms with E-state index in [4.69, 9.17) is 14.2 Å². The second kappa shape index (κ2) is 8.43. The third-order valence-corrected chi connectivity index (χ3v) is 7.66. The second-order valence-electron chi connectivity index (χ2n) is 10.4. The first-order valence-corrected chi connectivity index (χ1v) is 15.8. The molecule has 1 saturated heterocycles. The number of benzene rings is 3. The molecule has 172 valence electrons. The number of fused-ring (bicyclic) bond motifs is 6. The lowest BCUT2D eigenvalue weighted by Gasteiger charge is -2.29. The Hall–Kier alpha value is -2.84. The van der Waals surface area contributed by atoms with E-state index in [1.165, 1.54) is 33.4 Å². The maximum Gasteiger partial charge on any atom is 0.158 e. The number of hydrogen-bond donors (Lipinski definition) is 0. The molecule has 1 fully saturated rings. The van der Waals surface area contributed by atoms with Gasteiger partial charge in [0.15, 0.2) is 6.29 Å². The average Bonchev–Trinajstić information content (AvgIpc) is 3.15. The zero-order valence-corrected chi connectivity index (χ0v) is 21.1. The van der Waals surface area contributed by atoms with Crippen molar-refractivity contribution in [3.8, 4) is 39.5 Å². The standard InChI is InChI=1S/C30H30O3Si/c1-34(2,3)17-15-24-28-21-11-5-4-10-20(21)19-32-26(28)18-25-22-12-6-7-13-23(22)30(29(24)25)33-27-14-8-9-16-31-27/h4-7,10-13,18,27,30H,8-9,14,16,19H2,1-3H3. The van der Waals surface area contributed by atoms with Gasteiger partial charge in [0.05, 0.1) is 0 Å². The zero-order chi connectivity index (χ0) is 23.3. The number of ether oxygens (including phenoxy) is 3. The molecule has 6 rings (SSSR count). The van der Waals surface area contributed by atoms with Crippen LogP contribution in [0.25, 0.3) is 22.3 Å². The van der Waals surface area contributed by atoms with Crippen LogP contribution in [0.15, 0.2) is 54.6 Å². The molecule has 0 N–H and O–H groups in total. The monoisotopic (exact) mass is 466 g/mol. The van der Waals surface area contributed by atoms with Crippen LogP contribution in [-0.4, -0.2) is 21.0 Å². The van der Waals surface area contributed by atoms with Crippen LogP contribution in [0.3, 0.4) is 0 Å². The SMILES string of the molecule is C[Si](C)(C)C#Cc1c2c(cc3c1C(OC1CCCCO1)c1ccccc1-3)OCc1ccccc1-2. The summed E-state index contributed by atoms with van der Waals surface area (Å²) in [5, 5.41) is 0. The van der Waals surface area contributed by atoms with Crippen molar-refractivity contribution < 1.29 is 14.2 Å². The lowest BCUT2D eigenvalue weighted by atomic mass is 9.87. The lowest BCUT2D eigenvalue weighted by molar-refractivity contribution is -0.180. The summed E-state index contributed by atoms with van der Waals surface area (Å²) in [6, 6.07) is 19.3. The Bertz CT molecular complexity index is 1320. The summed E-state index contributed by atoms with van der Waals surface area (Å²) in [7, 11) is -1.62. The van der Waals surface area contributed by atoms with Gasteiger partial charge in [-0.3, -0.25) is 0 Å². The van der Waals surface area contributed by atoms with Crippen LogP contribution in [0.2, 0.25) is 19.6 Å². The van der Waals surface area contributed by atoms with Gasteiger partial charge in [-0.05, 0) is 53.1 Å². The van der Waals surface area contributed by atoms with E-state index in [2.05, 4.69) is 85.7 Å². The summed E-state index contributed by atoms with van der Waals surface area (Å²) in [5.74, 6) is 4.59. The van der Waals surface area contributed by atoms with Crippen LogP contribution in [0, 0.1) is 11.5 Å². The van der Waals surface area contributed by atoms with E-state index in [0.717, 1.165) is 42.7 Å². The van der Waals surface area contributed by atoms with Crippen molar-refractivity contribution >= 4 is 8.07 Å². The topological polar surface area (TPSA) is 27.7 Å². The van der Waals surface area contributed by atoms with Gasteiger partial charge in [-0.2, -0.15) is 0 Å². The van der Waals surface area contributed by atoms with Crippen LogP contribution >= 0.6 is 0 Å². The minimum absolute atomic E-state index is 0.185. The van der Waals surface area contributed by atoms with Gasteiger partial charge in [-0.1, -0.05) is 74.1 Å². The fourth-order valence-electron chi connectivity index (χ4n) is 5.21. The van der Waals surface area contributed by atoms with E-state index < -0.39 is 8.07 Å². The van der Waals surface area contributed by atoms with Crippen LogP contribution in [0.1, 0.15) is 47.6 Å². The van der Waals surface area contributed by atoms with Gasteiger partial charge in [0.1, 0.15) is 26.5 Å². The fourth-order valence-corrected chi connectivity index (χ4v) is 5.71. The molecule has 0 aromatic heterocycles. The summed E-state index contributed by atoms with van der Waals surface area (Å²) in [6.45, 7) is 8.22. The van der Waals surface area contributed by atoms with Crippen LogP contribution < -0.4 is 4.74 Å². The molecule has 3 aromatic rings. The Morgan fingerprint density at radius 3 is 2.53 bits per heavy atom. The van der Waals surface area contributed by atoms with Gasteiger partial charge in [0.2, 0.25) is 0 Å². The molecule has 0 bridgehead atoms. The first-order valence-electron chi connectivity index (χ1n) is 12.3. The Morgan fingerprint density at radius 1 is 0.941 bits per heavy atom. The van der Waals surface area contributed by atoms with Crippen molar-refractivity contribution in [3.05, 3.63) is 76.9 Å². The van der Waals surface area contributed by atoms with Gasteiger partial charge in [0.25, 0.3) is 0 Å². The van der Waals surface area contributed by atoms with Gasteiger partial charge in [-0.25, -0.2) is 0 Å². The molecular formula is C30H30O3Si. The highest BCUT2D eigenvalue weighted by Gasteiger charge is 2.37. The van der Waals surface area contributed by atoms with Crippen LogP contribution in [0.5, 0.6) is 5.75 Å². The Balaban J connectivity index is 1.61. The maximum absolute atomic E-state index is 6.74. The van der Waals surface area contributed by atoms with Crippen molar-refractivity contribution in [2.75, 3.05) is 6.61 Å². The molecule has 2 aliphatic heterocycles. The molecule has 2 unspecified atom stereocenters. The Labute approximate surface area is 203 Å². The number of hydrogen-bond acceptors (Lipinski definition) is 3. The highest BCUT2D eigenvalue weighted by atomic mass is 28.3. The quantitative estimate of drug-likeness (QED) is 0.298. The summed E-state index contributed by atoms with van der Waals surface area (Å²) >= 11 is 0. The van der Waals surface area contributed by atoms with Gasteiger partial charge in [0, 0.05) is 23.3 Å². The first kappa shape index (κ1) is 21.7. The molecule has 2 atom stereocenters. The van der Waals surface area contributed by atoms with E-state index >= 15 is 0 Å². The molecule has 2 heterocycles. The Kier molecular flexibility index (Phi) is 5.37. The first-order chi connectivity index (χ1) is 16.5. The highest BCUT2D eigenvalue weighted by Crippen LogP contribution is 2.53. The normalized spacial score (nSPS) is 20.2. The predicted octanol–water partition coefficient (Wildman–Crippen LogP) is 7.09.